The SMILES string of the molecule is N#CCN(CC#N)C(=O)C1(c2ccc(N)cc2)CC1. The Morgan fingerprint density at radius 1 is 1.21 bits per heavy atom. The van der Waals surface area contributed by atoms with Crippen molar-refractivity contribution in [1.82, 2.24) is 4.90 Å². The van der Waals surface area contributed by atoms with Gasteiger partial charge in [0.1, 0.15) is 13.1 Å². The van der Waals surface area contributed by atoms with E-state index in [-0.39, 0.29) is 19.0 Å². The lowest BCUT2D eigenvalue weighted by atomic mass is 9.94. The molecule has 19 heavy (non-hydrogen) atoms. The Labute approximate surface area is 111 Å². The van der Waals surface area contributed by atoms with Gasteiger partial charge in [0.15, 0.2) is 0 Å². The van der Waals surface area contributed by atoms with E-state index in [0.717, 1.165) is 18.4 Å². The molecular formula is C14H14N4O. The molecule has 0 aliphatic heterocycles. The molecule has 1 aromatic carbocycles. The number of amides is 1. The van der Waals surface area contributed by atoms with Crippen molar-refractivity contribution in [3.05, 3.63) is 29.8 Å². The van der Waals surface area contributed by atoms with Crippen molar-refractivity contribution in [2.24, 2.45) is 0 Å². The van der Waals surface area contributed by atoms with Crippen LogP contribution in [0.4, 0.5) is 5.69 Å². The number of anilines is 1. The number of nitrogens with zero attached hydrogens (tertiary/aromatic N) is 3. The van der Waals surface area contributed by atoms with Gasteiger partial charge in [-0.1, -0.05) is 12.1 Å². The summed E-state index contributed by atoms with van der Waals surface area (Å²) in [5.41, 5.74) is 6.65. The van der Waals surface area contributed by atoms with Gasteiger partial charge in [0, 0.05) is 5.69 Å². The summed E-state index contributed by atoms with van der Waals surface area (Å²) < 4.78 is 0. The zero-order valence-electron chi connectivity index (χ0n) is 10.5. The van der Waals surface area contributed by atoms with Crippen LogP contribution in [0.1, 0.15) is 18.4 Å². The molecule has 5 nitrogen and oxygen atoms in total. The highest BCUT2D eigenvalue weighted by molar-refractivity contribution is 5.91. The third kappa shape index (κ3) is 2.36. The Balaban J connectivity index is 2.25. The van der Waals surface area contributed by atoms with Gasteiger partial charge in [-0.3, -0.25) is 4.79 Å². The summed E-state index contributed by atoms with van der Waals surface area (Å²) in [5.74, 6) is -0.139. The first-order chi connectivity index (χ1) is 9.14. The van der Waals surface area contributed by atoms with E-state index < -0.39 is 5.41 Å². The fraction of sp³-hybridized carbons (Fsp3) is 0.357. The Bertz CT molecular complexity index is 545. The number of benzene rings is 1. The molecule has 96 valence electrons. The number of nitrogens with two attached hydrogens (primary N) is 1. The van der Waals surface area contributed by atoms with Crippen LogP contribution in [0.25, 0.3) is 0 Å². The van der Waals surface area contributed by atoms with E-state index >= 15 is 0 Å². The number of rotatable bonds is 4. The summed E-state index contributed by atoms with van der Waals surface area (Å²) >= 11 is 0. The van der Waals surface area contributed by atoms with Gasteiger partial charge in [-0.05, 0) is 30.5 Å². The van der Waals surface area contributed by atoms with Crippen LogP contribution in [0, 0.1) is 22.7 Å². The smallest absolute Gasteiger partial charge is 0.234 e. The Kier molecular flexibility index (Phi) is 3.39. The van der Waals surface area contributed by atoms with Gasteiger partial charge in [-0.15, -0.1) is 0 Å². The minimum Gasteiger partial charge on any atom is -0.399 e. The predicted molar refractivity (Wildman–Crippen MR) is 69.6 cm³/mol. The van der Waals surface area contributed by atoms with Crippen LogP contribution in [0.2, 0.25) is 0 Å². The van der Waals surface area contributed by atoms with Crippen LogP contribution >= 0.6 is 0 Å². The highest BCUT2D eigenvalue weighted by Gasteiger charge is 2.52. The largest absolute Gasteiger partial charge is 0.399 e. The molecule has 2 rings (SSSR count). The van der Waals surface area contributed by atoms with E-state index in [2.05, 4.69) is 0 Å². The number of carbonyl (C=O) groups is 1. The van der Waals surface area contributed by atoms with Crippen LogP contribution in [-0.4, -0.2) is 23.9 Å². The zero-order valence-corrected chi connectivity index (χ0v) is 10.5. The van der Waals surface area contributed by atoms with Crippen LogP contribution in [0.15, 0.2) is 24.3 Å². The highest BCUT2D eigenvalue weighted by Crippen LogP contribution is 2.49. The second kappa shape index (κ2) is 4.99. The molecule has 0 atom stereocenters. The highest BCUT2D eigenvalue weighted by atomic mass is 16.2. The number of nitriles is 2. The molecule has 1 aliphatic carbocycles. The van der Waals surface area contributed by atoms with E-state index in [1.807, 2.05) is 24.3 Å². The fourth-order valence-corrected chi connectivity index (χ4v) is 2.23. The average Bonchev–Trinajstić information content (AvgIpc) is 3.20. The Morgan fingerprint density at radius 3 is 2.16 bits per heavy atom. The molecule has 0 heterocycles. The number of nitrogen functional groups attached to an aromatic ring is 1. The zero-order chi connectivity index (χ0) is 13.9. The minimum atomic E-state index is -0.554. The van der Waals surface area contributed by atoms with Crippen LogP contribution < -0.4 is 5.73 Å². The van der Waals surface area contributed by atoms with Gasteiger partial charge in [0.05, 0.1) is 17.6 Å². The van der Waals surface area contributed by atoms with E-state index in [0.29, 0.717) is 5.69 Å². The summed E-state index contributed by atoms with van der Waals surface area (Å²) in [6, 6.07) is 11.1. The first-order valence-electron chi connectivity index (χ1n) is 6.03. The summed E-state index contributed by atoms with van der Waals surface area (Å²) in [5, 5.41) is 17.5. The van der Waals surface area contributed by atoms with Crippen molar-refractivity contribution in [3.8, 4) is 12.1 Å². The van der Waals surface area contributed by atoms with E-state index in [1.54, 1.807) is 12.1 Å². The Hall–Kier alpha value is -2.53. The van der Waals surface area contributed by atoms with Crippen molar-refractivity contribution in [2.45, 2.75) is 18.3 Å². The molecule has 2 N–H and O–H groups in total. The van der Waals surface area contributed by atoms with Crippen molar-refractivity contribution in [1.29, 1.82) is 10.5 Å². The van der Waals surface area contributed by atoms with E-state index in [4.69, 9.17) is 16.3 Å². The average molecular weight is 254 g/mol. The van der Waals surface area contributed by atoms with Crippen molar-refractivity contribution < 1.29 is 4.79 Å². The summed E-state index contributed by atoms with van der Waals surface area (Å²) in [6.45, 7) is -0.105. The third-order valence-corrected chi connectivity index (χ3v) is 3.43. The van der Waals surface area contributed by atoms with Crippen molar-refractivity contribution >= 4 is 11.6 Å². The first-order valence-corrected chi connectivity index (χ1v) is 6.03. The minimum absolute atomic E-state index is 0.0525. The summed E-state index contributed by atoms with van der Waals surface area (Å²) in [4.78, 5) is 13.8. The maximum absolute atomic E-state index is 12.5. The van der Waals surface area contributed by atoms with Crippen LogP contribution in [0.5, 0.6) is 0 Å². The second-order valence-electron chi connectivity index (χ2n) is 4.68. The second-order valence-corrected chi connectivity index (χ2v) is 4.68. The molecule has 1 aromatic rings. The van der Waals surface area contributed by atoms with Gasteiger partial charge >= 0.3 is 0 Å². The molecule has 0 saturated heterocycles. The molecule has 1 fully saturated rings. The number of carbonyl (C=O) groups excluding carboxylic acids is 1. The molecule has 1 amide bonds. The van der Waals surface area contributed by atoms with Crippen LogP contribution in [0.3, 0.4) is 0 Å². The van der Waals surface area contributed by atoms with Crippen molar-refractivity contribution in [2.75, 3.05) is 18.8 Å². The van der Waals surface area contributed by atoms with Gasteiger partial charge in [-0.25, -0.2) is 0 Å². The van der Waals surface area contributed by atoms with Gasteiger partial charge < -0.3 is 10.6 Å². The fourth-order valence-electron chi connectivity index (χ4n) is 2.23. The lowest BCUT2D eigenvalue weighted by Crippen LogP contribution is -2.39. The maximum atomic E-state index is 12.5. The third-order valence-electron chi connectivity index (χ3n) is 3.43. The summed E-state index contributed by atoms with van der Waals surface area (Å²) in [6.07, 6.45) is 1.51. The van der Waals surface area contributed by atoms with Gasteiger partial charge in [0.25, 0.3) is 0 Å². The van der Waals surface area contributed by atoms with Gasteiger partial charge in [-0.2, -0.15) is 10.5 Å². The molecule has 0 bridgehead atoms. The maximum Gasteiger partial charge on any atom is 0.234 e. The molecule has 1 aliphatic rings. The van der Waals surface area contributed by atoms with E-state index in [9.17, 15) is 4.79 Å². The predicted octanol–water partition coefficient (Wildman–Crippen LogP) is 1.18. The molecule has 0 unspecified atom stereocenters. The molecule has 5 heteroatoms. The molecular weight excluding hydrogens is 240 g/mol. The lowest BCUT2D eigenvalue weighted by molar-refractivity contribution is -0.132. The molecule has 0 spiro atoms. The quantitative estimate of drug-likeness (QED) is 0.644. The standard InChI is InChI=1S/C14H14N4O/c15-7-9-18(10-8-16)13(19)14(5-6-14)11-1-3-12(17)4-2-11/h1-4H,5-6,9-10,17H2. The topological polar surface area (TPSA) is 93.9 Å². The monoisotopic (exact) mass is 254 g/mol. The first kappa shape index (κ1) is 12.9. The Morgan fingerprint density at radius 2 is 1.74 bits per heavy atom. The normalized spacial score (nSPS) is 15.1. The lowest BCUT2D eigenvalue weighted by Gasteiger charge is -2.23. The summed E-state index contributed by atoms with van der Waals surface area (Å²) in [7, 11) is 0. The number of hydrogen-bond acceptors (Lipinski definition) is 4. The molecule has 1 saturated carbocycles. The number of hydrogen-bond donors (Lipinski definition) is 1. The van der Waals surface area contributed by atoms with Gasteiger partial charge in [0.2, 0.25) is 5.91 Å². The van der Waals surface area contributed by atoms with E-state index in [1.165, 1.54) is 4.90 Å². The molecule has 0 aromatic heterocycles. The molecule has 0 radical (unpaired) electrons. The van der Waals surface area contributed by atoms with Crippen LogP contribution in [-0.2, 0) is 10.2 Å². The van der Waals surface area contributed by atoms with Crippen molar-refractivity contribution in [3.63, 3.8) is 0 Å².